The number of aromatic nitrogens is 2. The van der Waals surface area contributed by atoms with Crippen LogP contribution in [-0.4, -0.2) is 21.5 Å². The van der Waals surface area contributed by atoms with Crippen molar-refractivity contribution in [3.8, 4) is 11.4 Å². The van der Waals surface area contributed by atoms with E-state index in [0.29, 0.717) is 0 Å². The highest BCUT2D eigenvalue weighted by atomic mass is 16.2. The van der Waals surface area contributed by atoms with E-state index in [4.69, 9.17) is 5.73 Å². The maximum atomic E-state index is 11.7. The van der Waals surface area contributed by atoms with E-state index in [1.165, 1.54) is 0 Å². The predicted octanol–water partition coefficient (Wildman–Crippen LogP) is 2.64. The lowest BCUT2D eigenvalue weighted by molar-refractivity contribution is -0.117. The molecule has 2 aromatic rings. The molecule has 112 valence electrons. The molecule has 0 fully saturated rings. The van der Waals surface area contributed by atoms with E-state index >= 15 is 0 Å². The number of nitrogens with zero attached hydrogens (tertiary/aromatic N) is 2. The Bertz CT molecular complexity index is 604. The molecule has 0 saturated heterocycles. The van der Waals surface area contributed by atoms with Crippen LogP contribution in [0.15, 0.2) is 36.7 Å². The van der Waals surface area contributed by atoms with Gasteiger partial charge in [0.2, 0.25) is 5.91 Å². The predicted molar refractivity (Wildman–Crippen MR) is 84.9 cm³/mol. The third kappa shape index (κ3) is 3.92. The van der Waals surface area contributed by atoms with E-state index < -0.39 is 6.04 Å². The molecule has 0 bridgehead atoms. The van der Waals surface area contributed by atoms with Crippen molar-refractivity contribution in [3.05, 3.63) is 36.7 Å². The van der Waals surface area contributed by atoms with E-state index in [0.717, 1.165) is 36.5 Å². The molecule has 0 aliphatic carbocycles. The second kappa shape index (κ2) is 7.04. The normalized spacial score (nSPS) is 12.1. The van der Waals surface area contributed by atoms with Crippen molar-refractivity contribution >= 4 is 11.6 Å². The van der Waals surface area contributed by atoms with Crippen LogP contribution < -0.4 is 11.1 Å². The largest absolute Gasteiger partial charge is 0.331 e. The second-order valence-electron chi connectivity index (χ2n) is 5.16. The van der Waals surface area contributed by atoms with Crippen molar-refractivity contribution in [2.75, 3.05) is 5.32 Å². The number of hydrogen-bond acceptors (Lipinski definition) is 3. The molecule has 0 spiro atoms. The minimum atomic E-state index is -0.528. The van der Waals surface area contributed by atoms with Crippen molar-refractivity contribution in [1.82, 2.24) is 9.55 Å². The van der Waals surface area contributed by atoms with Crippen LogP contribution >= 0.6 is 0 Å². The van der Waals surface area contributed by atoms with Gasteiger partial charge in [-0.05, 0) is 25.5 Å². The summed E-state index contributed by atoms with van der Waals surface area (Å²) in [5, 5.41) is 2.81. The molecule has 5 nitrogen and oxygen atoms in total. The molecule has 0 aliphatic rings. The van der Waals surface area contributed by atoms with Crippen LogP contribution in [0, 0.1) is 0 Å². The Hall–Kier alpha value is -2.14. The van der Waals surface area contributed by atoms with E-state index in [1.807, 2.05) is 30.5 Å². The first-order valence-corrected chi connectivity index (χ1v) is 7.30. The fourth-order valence-corrected chi connectivity index (χ4v) is 2.07. The zero-order chi connectivity index (χ0) is 15.2. The van der Waals surface area contributed by atoms with Gasteiger partial charge in [0.25, 0.3) is 0 Å². The Kier molecular flexibility index (Phi) is 5.11. The summed E-state index contributed by atoms with van der Waals surface area (Å²) in [6.07, 6.45) is 6.04. The Labute approximate surface area is 125 Å². The van der Waals surface area contributed by atoms with Gasteiger partial charge in [-0.3, -0.25) is 4.79 Å². The van der Waals surface area contributed by atoms with Crippen LogP contribution in [0.2, 0.25) is 0 Å². The number of amides is 1. The number of carbonyl (C=O) groups is 1. The van der Waals surface area contributed by atoms with Gasteiger partial charge in [-0.1, -0.05) is 25.5 Å². The van der Waals surface area contributed by atoms with Gasteiger partial charge in [0, 0.05) is 30.2 Å². The first-order chi connectivity index (χ1) is 10.1. The molecule has 1 aromatic carbocycles. The number of carbonyl (C=O) groups excluding carboxylic acids is 1. The quantitative estimate of drug-likeness (QED) is 0.857. The van der Waals surface area contributed by atoms with Gasteiger partial charge in [-0.25, -0.2) is 4.98 Å². The number of unbranched alkanes of at least 4 members (excludes halogenated alkanes) is 1. The number of aryl methyl sites for hydroxylation is 1. The van der Waals surface area contributed by atoms with Gasteiger partial charge in [0.1, 0.15) is 5.82 Å². The summed E-state index contributed by atoms with van der Waals surface area (Å²) >= 11 is 0. The second-order valence-corrected chi connectivity index (χ2v) is 5.16. The summed E-state index contributed by atoms with van der Waals surface area (Å²) in [5.74, 6) is 0.724. The molecular formula is C16H22N4O. The molecule has 2 rings (SSSR count). The number of nitrogens with one attached hydrogen (secondary N) is 1. The number of anilines is 1. The lowest BCUT2D eigenvalue weighted by atomic mass is 10.1. The van der Waals surface area contributed by atoms with Gasteiger partial charge >= 0.3 is 0 Å². The minimum absolute atomic E-state index is 0.193. The first-order valence-electron chi connectivity index (χ1n) is 7.30. The van der Waals surface area contributed by atoms with Crippen LogP contribution in [0.1, 0.15) is 26.7 Å². The molecule has 21 heavy (non-hydrogen) atoms. The Morgan fingerprint density at radius 1 is 1.48 bits per heavy atom. The van der Waals surface area contributed by atoms with E-state index in [1.54, 1.807) is 13.1 Å². The fourth-order valence-electron chi connectivity index (χ4n) is 2.07. The maximum absolute atomic E-state index is 11.7. The molecular weight excluding hydrogens is 264 g/mol. The summed E-state index contributed by atoms with van der Waals surface area (Å²) in [6, 6.07) is 7.14. The highest BCUT2D eigenvalue weighted by Crippen LogP contribution is 2.21. The average molecular weight is 286 g/mol. The first kappa shape index (κ1) is 15.3. The SMILES string of the molecule is CCCCn1ccnc1-c1cccc(NC(=O)C(C)N)c1. The Morgan fingerprint density at radius 3 is 3.00 bits per heavy atom. The maximum Gasteiger partial charge on any atom is 0.240 e. The molecule has 0 aliphatic heterocycles. The molecule has 0 saturated carbocycles. The molecule has 5 heteroatoms. The van der Waals surface area contributed by atoms with Crippen molar-refractivity contribution < 1.29 is 4.79 Å². The minimum Gasteiger partial charge on any atom is -0.331 e. The standard InChI is InChI=1S/C16H22N4O/c1-3-4-9-20-10-8-18-15(20)13-6-5-7-14(11-13)19-16(21)12(2)17/h5-8,10-12H,3-4,9,17H2,1-2H3,(H,19,21). The van der Waals surface area contributed by atoms with Crippen LogP contribution in [-0.2, 0) is 11.3 Å². The van der Waals surface area contributed by atoms with E-state index in [-0.39, 0.29) is 5.91 Å². The van der Waals surface area contributed by atoms with Crippen molar-refractivity contribution in [2.24, 2.45) is 5.73 Å². The van der Waals surface area contributed by atoms with Gasteiger partial charge in [-0.2, -0.15) is 0 Å². The van der Waals surface area contributed by atoms with Crippen LogP contribution in [0.4, 0.5) is 5.69 Å². The summed E-state index contributed by atoms with van der Waals surface area (Å²) < 4.78 is 2.13. The van der Waals surface area contributed by atoms with Gasteiger partial charge in [-0.15, -0.1) is 0 Å². The highest BCUT2D eigenvalue weighted by molar-refractivity contribution is 5.94. The van der Waals surface area contributed by atoms with Crippen LogP contribution in [0.25, 0.3) is 11.4 Å². The Morgan fingerprint density at radius 2 is 2.29 bits per heavy atom. The summed E-state index contributed by atoms with van der Waals surface area (Å²) in [6.45, 7) is 4.78. The van der Waals surface area contributed by atoms with Crippen molar-refractivity contribution in [2.45, 2.75) is 39.3 Å². The molecule has 1 amide bonds. The Balaban J connectivity index is 2.21. The van der Waals surface area contributed by atoms with Crippen LogP contribution in [0.3, 0.4) is 0 Å². The number of imidazole rings is 1. The van der Waals surface area contributed by atoms with Gasteiger partial charge in [0.15, 0.2) is 0 Å². The summed E-state index contributed by atoms with van der Waals surface area (Å²) in [7, 11) is 0. The van der Waals surface area contributed by atoms with E-state index in [2.05, 4.69) is 21.8 Å². The molecule has 1 aromatic heterocycles. The number of nitrogens with two attached hydrogens (primary N) is 1. The van der Waals surface area contributed by atoms with Crippen molar-refractivity contribution in [1.29, 1.82) is 0 Å². The third-order valence-corrected chi connectivity index (χ3v) is 3.27. The zero-order valence-corrected chi connectivity index (χ0v) is 12.5. The van der Waals surface area contributed by atoms with E-state index in [9.17, 15) is 4.79 Å². The fraction of sp³-hybridized carbons (Fsp3) is 0.375. The number of hydrogen-bond donors (Lipinski definition) is 2. The topological polar surface area (TPSA) is 72.9 Å². The summed E-state index contributed by atoms with van der Waals surface area (Å²) in [5.41, 5.74) is 7.29. The highest BCUT2D eigenvalue weighted by Gasteiger charge is 2.10. The molecule has 1 heterocycles. The van der Waals surface area contributed by atoms with Crippen molar-refractivity contribution in [3.63, 3.8) is 0 Å². The smallest absolute Gasteiger partial charge is 0.240 e. The lowest BCUT2D eigenvalue weighted by Crippen LogP contribution is -2.32. The lowest BCUT2D eigenvalue weighted by Gasteiger charge is -2.10. The average Bonchev–Trinajstić information content (AvgIpc) is 2.93. The number of benzene rings is 1. The van der Waals surface area contributed by atoms with Gasteiger partial charge < -0.3 is 15.6 Å². The summed E-state index contributed by atoms with van der Waals surface area (Å²) in [4.78, 5) is 16.1. The molecule has 1 unspecified atom stereocenters. The number of rotatable bonds is 6. The zero-order valence-electron chi connectivity index (χ0n) is 12.5. The van der Waals surface area contributed by atoms with Gasteiger partial charge in [0.05, 0.1) is 6.04 Å². The third-order valence-electron chi connectivity index (χ3n) is 3.27. The van der Waals surface area contributed by atoms with Crippen LogP contribution in [0.5, 0.6) is 0 Å². The molecule has 3 N–H and O–H groups in total. The monoisotopic (exact) mass is 286 g/mol. The molecule has 1 atom stereocenters. The molecule has 0 radical (unpaired) electrons.